The van der Waals surface area contributed by atoms with E-state index in [2.05, 4.69) is 18.8 Å². The average molecular weight is 409 g/mol. The number of ether oxygens (including phenoxy) is 1. The topological polar surface area (TPSA) is 59.5 Å². The highest BCUT2D eigenvalue weighted by atomic mass is 32.1. The van der Waals surface area contributed by atoms with Crippen LogP contribution in [0.2, 0.25) is 0 Å². The number of para-hydroxylation sites is 1. The first-order valence-electron chi connectivity index (χ1n) is 9.91. The Morgan fingerprint density at radius 2 is 1.76 bits per heavy atom. The third-order valence-electron chi connectivity index (χ3n) is 5.22. The van der Waals surface area contributed by atoms with Crippen LogP contribution < -0.4 is 0 Å². The van der Waals surface area contributed by atoms with Gasteiger partial charge in [-0.25, -0.2) is 9.78 Å². The first-order chi connectivity index (χ1) is 14.0. The van der Waals surface area contributed by atoms with Crippen molar-refractivity contribution in [2.45, 2.75) is 20.3 Å². The van der Waals surface area contributed by atoms with Crippen LogP contribution in [0.15, 0.2) is 48.5 Å². The van der Waals surface area contributed by atoms with Crippen molar-refractivity contribution in [1.29, 1.82) is 0 Å². The largest absolute Gasteiger partial charge is 0.452 e. The van der Waals surface area contributed by atoms with Crippen LogP contribution in [-0.4, -0.2) is 41.5 Å². The lowest BCUT2D eigenvalue weighted by Gasteiger charge is -2.34. The molecular weight excluding hydrogens is 384 g/mol. The number of fused-ring (bicyclic) bond motifs is 1. The van der Waals surface area contributed by atoms with Crippen LogP contribution in [0.5, 0.6) is 0 Å². The fourth-order valence-electron chi connectivity index (χ4n) is 4.00. The summed E-state index contributed by atoms with van der Waals surface area (Å²) in [6, 6.07) is 15.1. The van der Waals surface area contributed by atoms with Gasteiger partial charge in [0.2, 0.25) is 0 Å². The van der Waals surface area contributed by atoms with Crippen molar-refractivity contribution in [1.82, 2.24) is 9.88 Å². The standard InChI is InChI=1S/C23H24N2O3S/c1-15-11-16(2)13-25(12-15)21(26)14-28-23(27)18-8-4-3-7-17(18)22-24-19-9-5-6-10-20(19)29-22/h3-10,15-16H,11-14H2,1-2H3. The summed E-state index contributed by atoms with van der Waals surface area (Å²) in [5, 5.41) is 0.767. The van der Waals surface area contributed by atoms with Crippen molar-refractivity contribution in [3.8, 4) is 10.6 Å². The molecule has 6 heteroatoms. The van der Waals surface area contributed by atoms with Crippen molar-refractivity contribution in [3.05, 3.63) is 54.1 Å². The molecule has 0 N–H and O–H groups in total. The zero-order chi connectivity index (χ0) is 20.4. The number of esters is 1. The van der Waals surface area contributed by atoms with Gasteiger partial charge in [-0.15, -0.1) is 11.3 Å². The van der Waals surface area contributed by atoms with E-state index in [0.29, 0.717) is 17.4 Å². The van der Waals surface area contributed by atoms with Gasteiger partial charge in [0.15, 0.2) is 6.61 Å². The predicted octanol–water partition coefficient (Wildman–Crippen LogP) is 4.62. The minimum absolute atomic E-state index is 0.130. The molecule has 150 valence electrons. The second-order valence-corrected chi connectivity index (χ2v) is 8.88. The van der Waals surface area contributed by atoms with E-state index in [4.69, 9.17) is 4.74 Å². The van der Waals surface area contributed by atoms with Crippen molar-refractivity contribution >= 4 is 33.4 Å². The molecule has 0 bridgehead atoms. The molecule has 5 nitrogen and oxygen atoms in total. The van der Waals surface area contributed by atoms with Gasteiger partial charge in [-0.05, 0) is 36.5 Å². The number of thiazole rings is 1. The first-order valence-corrected chi connectivity index (χ1v) is 10.7. The lowest BCUT2D eigenvalue weighted by molar-refractivity contribution is -0.137. The molecule has 2 aromatic carbocycles. The number of rotatable bonds is 4. The molecule has 0 spiro atoms. The quantitative estimate of drug-likeness (QED) is 0.591. The summed E-state index contributed by atoms with van der Waals surface area (Å²) in [5.74, 6) is 0.317. The SMILES string of the molecule is CC1CC(C)CN(C(=O)COC(=O)c2ccccc2-c2nc3ccccc3s2)C1. The molecule has 2 unspecified atom stereocenters. The lowest BCUT2D eigenvalue weighted by Crippen LogP contribution is -2.44. The molecule has 1 aromatic heterocycles. The van der Waals surface area contributed by atoms with E-state index >= 15 is 0 Å². The summed E-state index contributed by atoms with van der Waals surface area (Å²) in [6.07, 6.45) is 1.12. The van der Waals surface area contributed by atoms with Crippen molar-refractivity contribution in [3.63, 3.8) is 0 Å². The minimum atomic E-state index is -0.494. The number of piperidine rings is 1. The number of benzene rings is 2. The number of carbonyl (C=O) groups is 2. The number of hydrogen-bond acceptors (Lipinski definition) is 5. The molecule has 2 atom stereocenters. The molecule has 29 heavy (non-hydrogen) atoms. The summed E-state index contributed by atoms with van der Waals surface area (Å²) in [7, 11) is 0. The van der Waals surface area contributed by atoms with Gasteiger partial charge in [0.05, 0.1) is 15.8 Å². The molecule has 4 rings (SSSR count). The van der Waals surface area contributed by atoms with Gasteiger partial charge in [0.25, 0.3) is 5.91 Å². The monoisotopic (exact) mass is 408 g/mol. The van der Waals surface area contributed by atoms with Gasteiger partial charge in [-0.1, -0.05) is 44.2 Å². The Kier molecular flexibility index (Phi) is 5.62. The number of nitrogens with zero attached hydrogens (tertiary/aromatic N) is 2. The fourth-order valence-corrected chi connectivity index (χ4v) is 5.00. The van der Waals surface area contributed by atoms with E-state index in [9.17, 15) is 9.59 Å². The number of amides is 1. The molecule has 0 radical (unpaired) electrons. The highest BCUT2D eigenvalue weighted by Crippen LogP contribution is 2.32. The summed E-state index contributed by atoms with van der Waals surface area (Å²) >= 11 is 1.54. The normalized spacial score (nSPS) is 19.3. The zero-order valence-electron chi connectivity index (χ0n) is 16.6. The number of likely N-dealkylation sites (tertiary alicyclic amines) is 1. The van der Waals surface area contributed by atoms with Gasteiger partial charge in [-0.3, -0.25) is 4.79 Å². The molecule has 1 saturated heterocycles. The summed E-state index contributed by atoms with van der Waals surface area (Å²) in [4.78, 5) is 31.7. The average Bonchev–Trinajstić information content (AvgIpc) is 3.15. The Morgan fingerprint density at radius 3 is 2.52 bits per heavy atom. The van der Waals surface area contributed by atoms with Crippen LogP contribution in [0.25, 0.3) is 20.8 Å². The van der Waals surface area contributed by atoms with Crippen molar-refractivity contribution < 1.29 is 14.3 Å². The molecular formula is C23H24N2O3S. The Hall–Kier alpha value is -2.73. The van der Waals surface area contributed by atoms with Crippen LogP contribution >= 0.6 is 11.3 Å². The maximum Gasteiger partial charge on any atom is 0.339 e. The zero-order valence-corrected chi connectivity index (χ0v) is 17.4. The summed E-state index contributed by atoms with van der Waals surface area (Å²) in [6.45, 7) is 5.52. The number of hydrogen-bond donors (Lipinski definition) is 0. The summed E-state index contributed by atoms with van der Waals surface area (Å²) < 4.78 is 6.46. The third-order valence-corrected chi connectivity index (χ3v) is 6.29. The molecule has 1 aliphatic rings. The molecule has 1 fully saturated rings. The summed E-state index contributed by atoms with van der Waals surface area (Å²) in [5.41, 5.74) is 2.06. The van der Waals surface area contributed by atoms with Gasteiger partial charge < -0.3 is 9.64 Å². The second kappa shape index (κ2) is 8.33. The maximum absolute atomic E-state index is 12.8. The maximum atomic E-state index is 12.8. The van der Waals surface area contributed by atoms with E-state index in [0.717, 1.165) is 40.3 Å². The van der Waals surface area contributed by atoms with E-state index in [1.54, 1.807) is 12.1 Å². The van der Waals surface area contributed by atoms with Crippen LogP contribution in [0, 0.1) is 11.8 Å². The number of carbonyl (C=O) groups excluding carboxylic acids is 2. The molecule has 3 aromatic rings. The van der Waals surface area contributed by atoms with Gasteiger partial charge in [0, 0.05) is 18.7 Å². The Morgan fingerprint density at radius 1 is 1.07 bits per heavy atom. The second-order valence-electron chi connectivity index (χ2n) is 7.85. The predicted molar refractivity (Wildman–Crippen MR) is 115 cm³/mol. The molecule has 0 saturated carbocycles. The first kappa shape index (κ1) is 19.6. The van der Waals surface area contributed by atoms with E-state index in [-0.39, 0.29) is 12.5 Å². The van der Waals surface area contributed by atoms with Crippen LogP contribution in [0.4, 0.5) is 0 Å². The molecule has 1 amide bonds. The third kappa shape index (κ3) is 4.32. The van der Waals surface area contributed by atoms with Crippen LogP contribution in [-0.2, 0) is 9.53 Å². The highest BCUT2D eigenvalue weighted by molar-refractivity contribution is 7.21. The van der Waals surface area contributed by atoms with Gasteiger partial charge >= 0.3 is 5.97 Å². The Bertz CT molecular complexity index is 1000. The highest BCUT2D eigenvalue weighted by Gasteiger charge is 2.26. The molecule has 0 aliphatic carbocycles. The van der Waals surface area contributed by atoms with Crippen molar-refractivity contribution in [2.24, 2.45) is 11.8 Å². The smallest absolute Gasteiger partial charge is 0.339 e. The fraction of sp³-hybridized carbons (Fsp3) is 0.348. The molecule has 1 aliphatic heterocycles. The Labute approximate surface area is 174 Å². The molecule has 2 heterocycles. The Balaban J connectivity index is 1.49. The minimum Gasteiger partial charge on any atom is -0.452 e. The van der Waals surface area contributed by atoms with E-state index < -0.39 is 5.97 Å². The lowest BCUT2D eigenvalue weighted by atomic mass is 9.92. The van der Waals surface area contributed by atoms with Crippen LogP contribution in [0.1, 0.15) is 30.6 Å². The van der Waals surface area contributed by atoms with Crippen molar-refractivity contribution in [2.75, 3.05) is 19.7 Å². The van der Waals surface area contributed by atoms with Gasteiger partial charge in [0.1, 0.15) is 5.01 Å². The van der Waals surface area contributed by atoms with Crippen LogP contribution in [0.3, 0.4) is 0 Å². The van der Waals surface area contributed by atoms with Gasteiger partial charge in [-0.2, -0.15) is 0 Å². The number of aromatic nitrogens is 1. The van der Waals surface area contributed by atoms with E-state index in [1.165, 1.54) is 11.3 Å². The van der Waals surface area contributed by atoms with E-state index in [1.807, 2.05) is 41.3 Å².